The normalized spacial score (nSPS) is 14.5. The van der Waals surface area contributed by atoms with Crippen molar-refractivity contribution in [2.24, 2.45) is 7.05 Å². The maximum atomic E-state index is 14.1. The van der Waals surface area contributed by atoms with Crippen LogP contribution in [0.2, 0.25) is 0 Å². The maximum Gasteiger partial charge on any atom is 0.428 e. The van der Waals surface area contributed by atoms with Crippen molar-refractivity contribution in [1.29, 1.82) is 0 Å². The van der Waals surface area contributed by atoms with E-state index in [1.807, 2.05) is 6.07 Å². The van der Waals surface area contributed by atoms with Crippen molar-refractivity contribution in [3.05, 3.63) is 99.1 Å². The van der Waals surface area contributed by atoms with Gasteiger partial charge >= 0.3 is 11.1 Å². The minimum Gasteiger partial charge on any atom is -0.490 e. The van der Waals surface area contributed by atoms with E-state index >= 15 is 0 Å². The molecule has 198 valence electrons. The van der Waals surface area contributed by atoms with Gasteiger partial charge in [-0.25, -0.2) is 13.6 Å². The van der Waals surface area contributed by atoms with Gasteiger partial charge in [-0.1, -0.05) is 24.3 Å². The lowest BCUT2D eigenvalue weighted by Gasteiger charge is -2.18. The van der Waals surface area contributed by atoms with Crippen molar-refractivity contribution < 1.29 is 33.1 Å². The molecule has 0 radical (unpaired) electrons. The Hall–Kier alpha value is -4.44. The number of pyridine rings is 1. The number of amides is 1. The Morgan fingerprint density at radius 1 is 0.974 bits per heavy atom. The van der Waals surface area contributed by atoms with Crippen LogP contribution in [0.1, 0.15) is 12.5 Å². The van der Waals surface area contributed by atoms with Crippen LogP contribution in [0.4, 0.5) is 8.78 Å². The number of fused-ring (bicyclic) bond motifs is 1. The van der Waals surface area contributed by atoms with Crippen LogP contribution in [-0.2, 0) is 11.8 Å². The minimum absolute atomic E-state index is 0.000430. The van der Waals surface area contributed by atoms with Crippen molar-refractivity contribution in [1.82, 2.24) is 4.57 Å². The highest BCUT2D eigenvalue weighted by Crippen LogP contribution is 2.32. The number of aliphatic hydroxyl groups is 1. The molecule has 1 aliphatic rings. The van der Waals surface area contributed by atoms with Crippen molar-refractivity contribution >= 4 is 39.4 Å². The van der Waals surface area contributed by atoms with E-state index in [4.69, 9.17) is 9.47 Å². The number of ether oxygens (including phenoxy) is 2. The fourth-order valence-corrected chi connectivity index (χ4v) is 5.14. The smallest absolute Gasteiger partial charge is 0.428 e. The van der Waals surface area contributed by atoms with Crippen LogP contribution in [0, 0.1) is 11.6 Å². The number of nitrogens with one attached hydrogen (secondary N) is 1. The molecule has 5 rings (SSSR count). The molecule has 1 amide bonds. The molecule has 3 aromatic carbocycles. The summed E-state index contributed by atoms with van der Waals surface area (Å²) >= 11 is 0.960. The number of carbonyl (C=O) groups is 1. The predicted octanol–water partition coefficient (Wildman–Crippen LogP) is 3.94. The first-order valence-corrected chi connectivity index (χ1v) is 12.8. The fraction of sp³-hybridized carbons (Fsp3) is 0.138. The van der Waals surface area contributed by atoms with Crippen LogP contribution < -0.4 is 19.9 Å². The van der Waals surface area contributed by atoms with Gasteiger partial charge in [0.25, 0.3) is 0 Å². The summed E-state index contributed by atoms with van der Waals surface area (Å²) < 4.78 is 41.2. The molecule has 0 bridgehead atoms. The zero-order valence-corrected chi connectivity index (χ0v) is 21.8. The van der Waals surface area contributed by atoms with Crippen LogP contribution in [-0.4, -0.2) is 34.0 Å². The van der Waals surface area contributed by atoms with Gasteiger partial charge < -0.3 is 19.1 Å². The molecule has 0 saturated carbocycles. The average molecular weight is 550 g/mol. The quantitative estimate of drug-likeness (QED) is 0.268. The van der Waals surface area contributed by atoms with E-state index < -0.39 is 11.6 Å². The van der Waals surface area contributed by atoms with Gasteiger partial charge in [-0.15, -0.1) is 4.99 Å². The molecule has 0 spiro atoms. The monoisotopic (exact) mass is 549 g/mol. The molecule has 7 nitrogen and oxygen atoms in total. The van der Waals surface area contributed by atoms with Crippen LogP contribution in [0.25, 0.3) is 27.7 Å². The number of aryl methyl sites for hydroxylation is 1. The van der Waals surface area contributed by atoms with Crippen molar-refractivity contribution in [3.63, 3.8) is 0 Å². The van der Waals surface area contributed by atoms with E-state index in [0.717, 1.165) is 29.5 Å². The van der Waals surface area contributed by atoms with Crippen LogP contribution in [0.3, 0.4) is 0 Å². The maximum absolute atomic E-state index is 14.1. The van der Waals surface area contributed by atoms with Gasteiger partial charge in [-0.3, -0.25) is 4.79 Å². The number of benzene rings is 3. The number of nitrogens with zero attached hydrogens (tertiary/aromatic N) is 1. The number of allylic oxidation sites excluding steroid dienone is 1. The number of hydrogen-bond acceptors (Lipinski definition) is 5. The minimum atomic E-state index is -1.03. The Morgan fingerprint density at radius 2 is 1.74 bits per heavy atom. The van der Waals surface area contributed by atoms with E-state index in [1.54, 1.807) is 61.0 Å². The molecule has 39 heavy (non-hydrogen) atoms. The number of hydrogen-bond donors (Lipinski definition) is 2. The van der Waals surface area contributed by atoms with Gasteiger partial charge in [0.15, 0.2) is 17.4 Å². The van der Waals surface area contributed by atoms with Gasteiger partial charge in [-0.05, 0) is 60.5 Å². The Morgan fingerprint density at radius 3 is 2.49 bits per heavy atom. The molecule has 0 saturated heterocycles. The number of aliphatic hydroxyl groups excluding tert-OH is 1. The highest BCUT2D eigenvalue weighted by molar-refractivity contribution is 8.17. The SMILES string of the molecule is C/C(=C1\SC(O)=[NH+]C1=O)c1cccc(OCCOc2c(-c3ccc(F)c(F)c3)n(C)c3ccccc3c2=O)c1. The standard InChI is InChI=1S/C29H22F2N2O5S/c1-16(27-28(35)32-29(36)39-27)17-6-5-7-19(14-17)37-12-13-38-26-24(18-10-11-21(30)22(31)15-18)33(2)23-9-4-3-8-20(23)25(26)34/h3-11,14-15H,12-13H2,1-2H3,(H,32,35,36)/p+1/b27-16+. The lowest BCUT2D eigenvalue weighted by Crippen LogP contribution is -2.73. The summed E-state index contributed by atoms with van der Waals surface area (Å²) in [4.78, 5) is 28.2. The second-order valence-corrected chi connectivity index (χ2v) is 9.75. The zero-order chi connectivity index (χ0) is 27.7. The second kappa shape index (κ2) is 10.7. The molecule has 2 heterocycles. The first-order valence-electron chi connectivity index (χ1n) is 11.9. The van der Waals surface area contributed by atoms with Gasteiger partial charge in [0.05, 0.1) is 11.2 Å². The van der Waals surface area contributed by atoms with Crippen molar-refractivity contribution in [2.75, 3.05) is 13.2 Å². The molecule has 1 aromatic heterocycles. The molecule has 4 aromatic rings. The second-order valence-electron chi connectivity index (χ2n) is 8.75. The molecule has 2 N–H and O–H groups in total. The summed E-state index contributed by atoms with van der Waals surface area (Å²) in [7, 11) is 1.73. The molecular formula is C29H23F2N2O5S+. The number of carbonyl (C=O) groups excluding carboxylic acids is 1. The largest absolute Gasteiger partial charge is 0.490 e. The third-order valence-corrected chi connectivity index (χ3v) is 7.28. The Bertz CT molecular complexity index is 1750. The van der Waals surface area contributed by atoms with Gasteiger partial charge in [-0.2, -0.15) is 0 Å². The van der Waals surface area contributed by atoms with E-state index in [1.165, 1.54) is 6.07 Å². The molecule has 0 atom stereocenters. The van der Waals surface area contributed by atoms with Crippen LogP contribution in [0.5, 0.6) is 11.5 Å². The van der Waals surface area contributed by atoms with Gasteiger partial charge in [0.1, 0.15) is 23.9 Å². The molecule has 0 fully saturated rings. The molecule has 0 aliphatic carbocycles. The molecule has 10 heteroatoms. The van der Waals surface area contributed by atoms with E-state index in [2.05, 4.69) is 4.99 Å². The Balaban J connectivity index is 1.39. The summed E-state index contributed by atoms with van der Waals surface area (Å²) in [5, 5.41) is 9.85. The molecular weight excluding hydrogens is 526 g/mol. The summed E-state index contributed by atoms with van der Waals surface area (Å²) in [6.07, 6.45) is 0. The summed E-state index contributed by atoms with van der Waals surface area (Å²) in [6, 6.07) is 17.5. The third kappa shape index (κ3) is 5.15. The lowest BCUT2D eigenvalue weighted by molar-refractivity contribution is -0.374. The van der Waals surface area contributed by atoms with Crippen LogP contribution >= 0.6 is 11.8 Å². The van der Waals surface area contributed by atoms with Gasteiger partial charge in [0.2, 0.25) is 5.43 Å². The van der Waals surface area contributed by atoms with Crippen molar-refractivity contribution in [2.45, 2.75) is 6.92 Å². The first kappa shape index (κ1) is 26.2. The number of thioether (sulfide) groups is 1. The first-order chi connectivity index (χ1) is 18.7. The zero-order valence-electron chi connectivity index (χ0n) is 21.0. The van der Waals surface area contributed by atoms with E-state index in [9.17, 15) is 23.5 Å². The summed E-state index contributed by atoms with van der Waals surface area (Å²) in [5.74, 6) is -1.88. The number of aromatic nitrogens is 1. The summed E-state index contributed by atoms with van der Waals surface area (Å²) in [5.41, 5.74) is 2.27. The van der Waals surface area contributed by atoms with Crippen molar-refractivity contribution in [3.8, 4) is 22.8 Å². The number of para-hydroxylation sites is 1. The van der Waals surface area contributed by atoms with Gasteiger partial charge in [0, 0.05) is 29.8 Å². The lowest BCUT2D eigenvalue weighted by atomic mass is 10.1. The van der Waals surface area contributed by atoms with E-state index in [0.29, 0.717) is 38.4 Å². The highest BCUT2D eigenvalue weighted by Gasteiger charge is 2.31. The molecule has 0 unspecified atom stereocenters. The average Bonchev–Trinajstić information content (AvgIpc) is 3.28. The molecule has 1 aliphatic heterocycles. The van der Waals surface area contributed by atoms with Crippen LogP contribution in [0.15, 0.2) is 76.4 Å². The number of rotatable bonds is 7. The highest BCUT2D eigenvalue weighted by atomic mass is 32.2. The van der Waals surface area contributed by atoms with E-state index in [-0.39, 0.29) is 35.5 Å². The predicted molar refractivity (Wildman–Crippen MR) is 146 cm³/mol. The summed E-state index contributed by atoms with van der Waals surface area (Å²) in [6.45, 7) is 1.85. The topological polar surface area (TPSA) is 91.7 Å². The Labute approximate surface area is 226 Å². The fourth-order valence-electron chi connectivity index (χ4n) is 4.39. The number of halogens is 2. The Kier molecular flexibility index (Phi) is 7.21. The third-order valence-electron chi connectivity index (χ3n) is 6.29.